The highest BCUT2D eigenvalue weighted by molar-refractivity contribution is 5.73. The summed E-state index contributed by atoms with van der Waals surface area (Å²) in [4.78, 5) is 10.6. The Balaban J connectivity index is 1.85. The molecule has 1 aliphatic carbocycles. The fourth-order valence-corrected chi connectivity index (χ4v) is 2.68. The predicted octanol–water partition coefficient (Wildman–Crippen LogP) is 4.87. The standard InChI is InChI=1S/C17H31NO/c1-2-3-4-8-11-15-14-16(15)12-9-6-5-7-10-13-17(18)19/h2-14H2,1H3,(H2,18,19). The number of amides is 1. The van der Waals surface area contributed by atoms with Crippen LogP contribution in [0.1, 0.15) is 90.4 Å². The van der Waals surface area contributed by atoms with Gasteiger partial charge in [0, 0.05) is 6.42 Å². The van der Waals surface area contributed by atoms with Crippen LogP contribution in [0.5, 0.6) is 0 Å². The predicted molar refractivity (Wildman–Crippen MR) is 81.9 cm³/mol. The van der Waals surface area contributed by atoms with Crippen molar-refractivity contribution in [1.29, 1.82) is 0 Å². The van der Waals surface area contributed by atoms with Crippen LogP contribution in [-0.4, -0.2) is 5.91 Å². The SMILES string of the molecule is CCCCCCC1=C(CCCCCCCC(N)=O)C1. The van der Waals surface area contributed by atoms with Gasteiger partial charge >= 0.3 is 0 Å². The van der Waals surface area contributed by atoms with Crippen molar-refractivity contribution < 1.29 is 4.79 Å². The van der Waals surface area contributed by atoms with Crippen molar-refractivity contribution in [2.75, 3.05) is 0 Å². The molecule has 0 aliphatic heterocycles. The largest absolute Gasteiger partial charge is 0.370 e. The van der Waals surface area contributed by atoms with E-state index in [2.05, 4.69) is 6.92 Å². The third-order valence-electron chi connectivity index (χ3n) is 4.04. The minimum Gasteiger partial charge on any atom is -0.370 e. The molecule has 1 aliphatic rings. The lowest BCUT2D eigenvalue weighted by molar-refractivity contribution is -0.118. The second-order valence-electron chi connectivity index (χ2n) is 5.93. The van der Waals surface area contributed by atoms with Crippen LogP contribution in [0, 0.1) is 0 Å². The average molecular weight is 265 g/mol. The summed E-state index contributed by atoms with van der Waals surface area (Å²) < 4.78 is 0. The highest BCUT2D eigenvalue weighted by atomic mass is 16.1. The summed E-state index contributed by atoms with van der Waals surface area (Å²) in [7, 11) is 0. The molecule has 0 spiro atoms. The summed E-state index contributed by atoms with van der Waals surface area (Å²) in [6.07, 6.45) is 16.2. The highest BCUT2D eigenvalue weighted by Gasteiger charge is 2.19. The second kappa shape index (κ2) is 10.1. The molecule has 0 fully saturated rings. The van der Waals surface area contributed by atoms with Gasteiger partial charge in [-0.2, -0.15) is 0 Å². The quantitative estimate of drug-likeness (QED) is 0.374. The van der Waals surface area contributed by atoms with E-state index >= 15 is 0 Å². The molecule has 0 aromatic carbocycles. The van der Waals surface area contributed by atoms with Gasteiger partial charge in [0.05, 0.1) is 0 Å². The van der Waals surface area contributed by atoms with Crippen LogP contribution in [-0.2, 0) is 4.79 Å². The zero-order valence-electron chi connectivity index (χ0n) is 12.7. The fourth-order valence-electron chi connectivity index (χ4n) is 2.68. The number of carbonyl (C=O) groups is 1. The van der Waals surface area contributed by atoms with E-state index in [0.717, 1.165) is 12.8 Å². The third kappa shape index (κ3) is 8.85. The van der Waals surface area contributed by atoms with Crippen molar-refractivity contribution in [3.8, 4) is 0 Å². The normalized spacial score (nSPS) is 13.9. The summed E-state index contributed by atoms with van der Waals surface area (Å²) >= 11 is 0. The molecule has 0 unspecified atom stereocenters. The van der Waals surface area contributed by atoms with E-state index in [1.165, 1.54) is 64.2 Å². The first-order chi connectivity index (χ1) is 9.24. The molecule has 0 bridgehead atoms. The number of unbranched alkanes of at least 4 members (excludes halogenated alkanes) is 7. The van der Waals surface area contributed by atoms with Crippen LogP contribution in [0.25, 0.3) is 0 Å². The lowest BCUT2D eigenvalue weighted by Gasteiger charge is -1.98. The second-order valence-corrected chi connectivity index (χ2v) is 5.93. The molecule has 2 nitrogen and oxygen atoms in total. The highest BCUT2D eigenvalue weighted by Crippen LogP contribution is 2.38. The van der Waals surface area contributed by atoms with Crippen LogP contribution in [0.2, 0.25) is 0 Å². The van der Waals surface area contributed by atoms with Crippen LogP contribution in [0.15, 0.2) is 11.1 Å². The minimum absolute atomic E-state index is 0.157. The first-order valence-electron chi connectivity index (χ1n) is 8.22. The van der Waals surface area contributed by atoms with Gasteiger partial charge < -0.3 is 5.73 Å². The maximum Gasteiger partial charge on any atom is 0.217 e. The lowest BCUT2D eigenvalue weighted by Crippen LogP contribution is -2.09. The first-order valence-corrected chi connectivity index (χ1v) is 8.22. The van der Waals surface area contributed by atoms with E-state index in [9.17, 15) is 4.79 Å². The van der Waals surface area contributed by atoms with E-state index in [1.807, 2.05) is 0 Å². The molecule has 1 amide bonds. The molecule has 2 heteroatoms. The molecule has 110 valence electrons. The molecule has 19 heavy (non-hydrogen) atoms. The number of rotatable bonds is 13. The summed E-state index contributed by atoms with van der Waals surface area (Å²) in [5.74, 6) is -0.157. The molecule has 1 rings (SSSR count). The summed E-state index contributed by atoms with van der Waals surface area (Å²) in [6, 6.07) is 0. The van der Waals surface area contributed by atoms with Crippen molar-refractivity contribution in [1.82, 2.24) is 0 Å². The van der Waals surface area contributed by atoms with Gasteiger partial charge in [-0.25, -0.2) is 0 Å². The number of hydrogen-bond donors (Lipinski definition) is 1. The first kappa shape index (κ1) is 16.3. The van der Waals surface area contributed by atoms with E-state index in [1.54, 1.807) is 11.1 Å². The number of nitrogens with two attached hydrogens (primary N) is 1. The molecular weight excluding hydrogens is 234 g/mol. The number of hydrogen-bond acceptors (Lipinski definition) is 1. The van der Waals surface area contributed by atoms with Gasteiger partial charge in [0.25, 0.3) is 0 Å². The number of primary amides is 1. The van der Waals surface area contributed by atoms with Crippen LogP contribution in [0.3, 0.4) is 0 Å². The minimum atomic E-state index is -0.157. The molecule has 0 atom stereocenters. The Morgan fingerprint density at radius 3 is 2.00 bits per heavy atom. The summed E-state index contributed by atoms with van der Waals surface area (Å²) in [5, 5.41) is 0. The number of carbonyl (C=O) groups excluding carboxylic acids is 1. The van der Waals surface area contributed by atoms with Gasteiger partial charge in [-0.1, -0.05) is 56.6 Å². The van der Waals surface area contributed by atoms with Gasteiger partial charge in [-0.15, -0.1) is 0 Å². The van der Waals surface area contributed by atoms with E-state index in [-0.39, 0.29) is 5.91 Å². The maximum absolute atomic E-state index is 10.6. The zero-order chi connectivity index (χ0) is 13.9. The Morgan fingerprint density at radius 1 is 0.895 bits per heavy atom. The molecular formula is C17H31NO. The fraction of sp³-hybridized carbons (Fsp3) is 0.824. The van der Waals surface area contributed by atoms with Crippen molar-refractivity contribution in [3.63, 3.8) is 0 Å². The maximum atomic E-state index is 10.6. The monoisotopic (exact) mass is 265 g/mol. The average Bonchev–Trinajstić information content (AvgIpc) is 3.12. The lowest BCUT2D eigenvalue weighted by atomic mass is 10.1. The Kier molecular flexibility index (Phi) is 8.61. The Labute approximate surface area is 118 Å². The van der Waals surface area contributed by atoms with E-state index < -0.39 is 0 Å². The van der Waals surface area contributed by atoms with Crippen molar-refractivity contribution >= 4 is 5.91 Å². The van der Waals surface area contributed by atoms with E-state index in [4.69, 9.17) is 5.73 Å². The van der Waals surface area contributed by atoms with Crippen LogP contribution in [0.4, 0.5) is 0 Å². The van der Waals surface area contributed by atoms with Crippen molar-refractivity contribution in [2.45, 2.75) is 90.4 Å². The summed E-state index contributed by atoms with van der Waals surface area (Å²) in [5.41, 5.74) is 8.64. The van der Waals surface area contributed by atoms with Gasteiger partial charge in [0.15, 0.2) is 0 Å². The molecule has 0 radical (unpaired) electrons. The molecule has 2 N–H and O–H groups in total. The molecule has 0 heterocycles. The van der Waals surface area contributed by atoms with E-state index in [0.29, 0.717) is 6.42 Å². The number of allylic oxidation sites excluding steroid dienone is 2. The topological polar surface area (TPSA) is 43.1 Å². The zero-order valence-corrected chi connectivity index (χ0v) is 12.7. The van der Waals surface area contributed by atoms with Crippen molar-refractivity contribution in [3.05, 3.63) is 11.1 Å². The molecule has 0 aromatic rings. The van der Waals surface area contributed by atoms with Gasteiger partial charge in [-0.3, -0.25) is 4.79 Å². The Morgan fingerprint density at radius 2 is 1.42 bits per heavy atom. The van der Waals surface area contributed by atoms with Crippen LogP contribution < -0.4 is 5.73 Å². The van der Waals surface area contributed by atoms with Crippen molar-refractivity contribution in [2.24, 2.45) is 5.73 Å². The summed E-state index contributed by atoms with van der Waals surface area (Å²) in [6.45, 7) is 2.27. The molecule has 0 aromatic heterocycles. The molecule has 0 saturated carbocycles. The van der Waals surface area contributed by atoms with Gasteiger partial charge in [-0.05, 0) is 38.5 Å². The molecule has 0 saturated heterocycles. The van der Waals surface area contributed by atoms with Gasteiger partial charge in [0.1, 0.15) is 0 Å². The van der Waals surface area contributed by atoms with Gasteiger partial charge in [0.2, 0.25) is 5.91 Å². The van der Waals surface area contributed by atoms with Crippen LogP contribution >= 0.6 is 0 Å². The smallest absolute Gasteiger partial charge is 0.217 e. The Hall–Kier alpha value is -0.790. The Bertz CT molecular complexity index is 294. The third-order valence-corrected chi connectivity index (χ3v) is 4.04.